The summed E-state index contributed by atoms with van der Waals surface area (Å²) in [7, 11) is -3.54. The molecule has 7 heteroatoms. The second-order valence-corrected chi connectivity index (χ2v) is 6.61. The van der Waals surface area contributed by atoms with E-state index in [2.05, 4.69) is 28.8 Å². The van der Waals surface area contributed by atoms with Crippen LogP contribution in [0.5, 0.6) is 0 Å². The van der Waals surface area contributed by atoms with Gasteiger partial charge in [0.05, 0.1) is 11.4 Å². The van der Waals surface area contributed by atoms with Gasteiger partial charge in [0.15, 0.2) is 0 Å². The number of aromatic nitrogens is 2. The van der Waals surface area contributed by atoms with E-state index in [1.165, 1.54) is 0 Å². The molecule has 0 saturated carbocycles. The zero-order chi connectivity index (χ0) is 13.9. The Balaban J connectivity index is 2.90. The molecule has 1 aromatic heterocycles. The molecule has 0 amide bonds. The molecule has 18 heavy (non-hydrogen) atoms. The van der Waals surface area contributed by atoms with E-state index in [9.17, 15) is 8.42 Å². The van der Waals surface area contributed by atoms with E-state index >= 15 is 0 Å². The maximum Gasteiger partial charge on any atom is 0.244 e. The van der Waals surface area contributed by atoms with Crippen LogP contribution in [0.3, 0.4) is 0 Å². The number of nitrogens with zero attached hydrogens (tertiary/aromatic N) is 1. The standard InChI is InChI=1S/C11H22N4O2S/c1-7(2)8(3)6-13-18(16,17)11-9(4)14-15-10(11)5-12/h7-8,13H,5-6,12H2,1-4H3,(H,14,15). The second kappa shape index (κ2) is 5.81. The van der Waals surface area contributed by atoms with Crippen LogP contribution >= 0.6 is 0 Å². The van der Waals surface area contributed by atoms with Crippen LogP contribution in [0, 0.1) is 18.8 Å². The Bertz CT molecular complexity index is 493. The van der Waals surface area contributed by atoms with Crippen molar-refractivity contribution in [2.24, 2.45) is 17.6 Å². The number of H-pyrrole nitrogens is 1. The van der Waals surface area contributed by atoms with Gasteiger partial charge in [0, 0.05) is 13.1 Å². The van der Waals surface area contributed by atoms with Crippen LogP contribution in [-0.4, -0.2) is 25.2 Å². The summed E-state index contributed by atoms with van der Waals surface area (Å²) in [5.41, 5.74) is 6.38. The van der Waals surface area contributed by atoms with Crippen molar-refractivity contribution in [1.29, 1.82) is 0 Å². The van der Waals surface area contributed by atoms with Gasteiger partial charge >= 0.3 is 0 Å². The number of rotatable bonds is 6. The van der Waals surface area contributed by atoms with E-state index in [-0.39, 0.29) is 17.4 Å². The molecule has 0 aliphatic carbocycles. The molecule has 0 fully saturated rings. The van der Waals surface area contributed by atoms with Crippen LogP contribution in [0.2, 0.25) is 0 Å². The van der Waals surface area contributed by atoms with Gasteiger partial charge in [-0.1, -0.05) is 20.8 Å². The normalized spacial score (nSPS) is 14.1. The highest BCUT2D eigenvalue weighted by Gasteiger charge is 2.24. The average Bonchev–Trinajstić information content (AvgIpc) is 2.67. The SMILES string of the molecule is Cc1[nH]nc(CN)c1S(=O)(=O)NCC(C)C(C)C. The average molecular weight is 274 g/mol. The largest absolute Gasteiger partial charge is 0.325 e. The summed E-state index contributed by atoms with van der Waals surface area (Å²) in [5, 5.41) is 6.55. The van der Waals surface area contributed by atoms with Gasteiger partial charge in [0.25, 0.3) is 0 Å². The molecule has 1 heterocycles. The molecule has 0 radical (unpaired) electrons. The molecule has 0 saturated heterocycles. The van der Waals surface area contributed by atoms with Gasteiger partial charge in [-0.15, -0.1) is 0 Å². The van der Waals surface area contributed by atoms with Crippen LogP contribution in [0.4, 0.5) is 0 Å². The third-order valence-electron chi connectivity index (χ3n) is 3.16. The first kappa shape index (κ1) is 15.1. The second-order valence-electron chi connectivity index (χ2n) is 4.90. The van der Waals surface area contributed by atoms with Crippen molar-refractivity contribution in [3.8, 4) is 0 Å². The Morgan fingerprint density at radius 2 is 2.00 bits per heavy atom. The molecule has 0 aromatic carbocycles. The van der Waals surface area contributed by atoms with Gasteiger partial charge in [0.1, 0.15) is 4.90 Å². The summed E-state index contributed by atoms with van der Waals surface area (Å²) in [4.78, 5) is 0.181. The highest BCUT2D eigenvalue weighted by atomic mass is 32.2. The van der Waals surface area contributed by atoms with E-state index in [1.54, 1.807) is 6.92 Å². The van der Waals surface area contributed by atoms with Crippen LogP contribution in [-0.2, 0) is 16.6 Å². The molecular formula is C11H22N4O2S. The number of hydrogen-bond acceptors (Lipinski definition) is 4. The minimum absolute atomic E-state index is 0.0975. The lowest BCUT2D eigenvalue weighted by Crippen LogP contribution is -2.31. The predicted molar refractivity (Wildman–Crippen MR) is 70.4 cm³/mol. The van der Waals surface area contributed by atoms with Gasteiger partial charge in [-0.05, 0) is 18.8 Å². The maximum atomic E-state index is 12.2. The molecule has 6 nitrogen and oxygen atoms in total. The van der Waals surface area contributed by atoms with Gasteiger partial charge in [-0.2, -0.15) is 5.10 Å². The molecular weight excluding hydrogens is 252 g/mol. The summed E-state index contributed by atoms with van der Waals surface area (Å²) in [5.74, 6) is 0.695. The number of nitrogens with one attached hydrogen (secondary N) is 2. The Morgan fingerprint density at radius 1 is 1.39 bits per heavy atom. The maximum absolute atomic E-state index is 12.2. The molecule has 1 atom stereocenters. The minimum Gasteiger partial charge on any atom is -0.325 e. The van der Waals surface area contributed by atoms with Crippen molar-refractivity contribution in [3.05, 3.63) is 11.4 Å². The minimum atomic E-state index is -3.54. The lowest BCUT2D eigenvalue weighted by Gasteiger charge is -2.16. The zero-order valence-corrected chi connectivity index (χ0v) is 12.1. The number of sulfonamides is 1. The molecule has 1 rings (SSSR count). The third kappa shape index (κ3) is 3.30. The lowest BCUT2D eigenvalue weighted by atomic mass is 9.99. The molecule has 104 valence electrons. The van der Waals surface area contributed by atoms with Crippen LogP contribution < -0.4 is 10.5 Å². The van der Waals surface area contributed by atoms with Crippen molar-refractivity contribution in [1.82, 2.24) is 14.9 Å². The first-order valence-corrected chi connectivity index (χ1v) is 7.51. The Kier molecular flexibility index (Phi) is 4.89. The van der Waals surface area contributed by atoms with Gasteiger partial charge < -0.3 is 5.73 Å². The number of aromatic amines is 1. The van der Waals surface area contributed by atoms with Crippen LogP contribution in [0.1, 0.15) is 32.2 Å². The van der Waals surface area contributed by atoms with Crippen molar-refractivity contribution in [2.45, 2.75) is 39.1 Å². The smallest absolute Gasteiger partial charge is 0.244 e. The summed E-state index contributed by atoms with van der Waals surface area (Å²) < 4.78 is 27.0. The molecule has 1 unspecified atom stereocenters. The van der Waals surface area contributed by atoms with Gasteiger partial charge in [0.2, 0.25) is 10.0 Å². The predicted octanol–water partition coefficient (Wildman–Crippen LogP) is 0.747. The summed E-state index contributed by atoms with van der Waals surface area (Å²) in [6, 6.07) is 0. The molecule has 0 aliphatic rings. The number of aryl methyl sites for hydroxylation is 1. The fraction of sp³-hybridized carbons (Fsp3) is 0.727. The highest BCUT2D eigenvalue weighted by molar-refractivity contribution is 7.89. The van der Waals surface area contributed by atoms with Crippen molar-refractivity contribution >= 4 is 10.0 Å². The topological polar surface area (TPSA) is 101 Å². The molecule has 0 bridgehead atoms. The fourth-order valence-electron chi connectivity index (χ4n) is 1.51. The first-order valence-electron chi connectivity index (χ1n) is 6.03. The van der Waals surface area contributed by atoms with E-state index in [0.29, 0.717) is 23.9 Å². The Hall–Kier alpha value is -0.920. The quantitative estimate of drug-likeness (QED) is 0.712. The van der Waals surface area contributed by atoms with Crippen molar-refractivity contribution in [3.63, 3.8) is 0 Å². The van der Waals surface area contributed by atoms with Crippen LogP contribution in [0.15, 0.2) is 4.90 Å². The van der Waals surface area contributed by atoms with Gasteiger partial charge in [-0.3, -0.25) is 5.10 Å². The van der Waals surface area contributed by atoms with Gasteiger partial charge in [-0.25, -0.2) is 13.1 Å². The van der Waals surface area contributed by atoms with Crippen molar-refractivity contribution < 1.29 is 8.42 Å². The molecule has 0 aliphatic heterocycles. The van der Waals surface area contributed by atoms with E-state index in [0.717, 1.165) is 0 Å². The van der Waals surface area contributed by atoms with E-state index in [1.807, 2.05) is 6.92 Å². The summed E-state index contributed by atoms with van der Waals surface area (Å²) >= 11 is 0. The fourth-order valence-corrected chi connectivity index (χ4v) is 3.03. The van der Waals surface area contributed by atoms with E-state index < -0.39 is 10.0 Å². The number of nitrogens with two attached hydrogens (primary N) is 1. The molecule has 0 spiro atoms. The zero-order valence-electron chi connectivity index (χ0n) is 11.3. The Morgan fingerprint density at radius 3 is 2.50 bits per heavy atom. The number of hydrogen-bond donors (Lipinski definition) is 3. The summed E-state index contributed by atoms with van der Waals surface area (Å²) in [6.07, 6.45) is 0. The molecule has 1 aromatic rings. The lowest BCUT2D eigenvalue weighted by molar-refractivity contribution is 0.414. The monoisotopic (exact) mass is 274 g/mol. The first-order chi connectivity index (χ1) is 8.29. The highest BCUT2D eigenvalue weighted by Crippen LogP contribution is 2.17. The molecule has 4 N–H and O–H groups in total. The Labute approximate surface area is 108 Å². The third-order valence-corrected chi connectivity index (χ3v) is 4.78. The summed E-state index contributed by atoms with van der Waals surface area (Å²) in [6.45, 7) is 8.32. The van der Waals surface area contributed by atoms with Crippen molar-refractivity contribution in [2.75, 3.05) is 6.54 Å². The van der Waals surface area contributed by atoms with E-state index in [4.69, 9.17) is 5.73 Å². The van der Waals surface area contributed by atoms with Crippen LogP contribution in [0.25, 0.3) is 0 Å².